The molecule has 1 fully saturated rings. The second kappa shape index (κ2) is 5.77. The average Bonchev–Trinajstić information content (AvgIpc) is 2.57. The third-order valence-corrected chi connectivity index (χ3v) is 3.61. The highest BCUT2D eigenvalue weighted by molar-refractivity contribution is 6.99. The van der Waals surface area contributed by atoms with Crippen LogP contribution in [-0.4, -0.2) is 58.1 Å². The number of nitrogens with zero attached hydrogens (tertiary/aromatic N) is 4. The van der Waals surface area contributed by atoms with Crippen molar-refractivity contribution in [3.8, 4) is 0 Å². The lowest BCUT2D eigenvalue weighted by molar-refractivity contribution is 0.204. The van der Waals surface area contributed by atoms with Crippen molar-refractivity contribution in [2.75, 3.05) is 44.2 Å². The molecule has 1 aromatic rings. The minimum Gasteiger partial charge on any atom is -0.395 e. The van der Waals surface area contributed by atoms with Crippen LogP contribution in [0.15, 0.2) is 0 Å². The molecule has 0 unspecified atom stereocenters. The van der Waals surface area contributed by atoms with E-state index in [-0.39, 0.29) is 6.61 Å². The maximum Gasteiger partial charge on any atom is 0.187 e. The van der Waals surface area contributed by atoms with Gasteiger partial charge in [-0.1, -0.05) is 11.6 Å². The first-order valence-electron chi connectivity index (χ1n) is 5.37. The van der Waals surface area contributed by atoms with E-state index in [4.69, 9.17) is 16.7 Å². The van der Waals surface area contributed by atoms with Gasteiger partial charge in [0, 0.05) is 26.2 Å². The summed E-state index contributed by atoms with van der Waals surface area (Å²) < 4.78 is 8.19. The molecule has 0 radical (unpaired) electrons. The lowest BCUT2D eigenvalue weighted by Crippen LogP contribution is -2.32. The van der Waals surface area contributed by atoms with E-state index in [1.807, 2.05) is 0 Å². The molecule has 1 aliphatic heterocycles. The number of hydrogen-bond donors (Lipinski definition) is 1. The molecule has 90 valence electrons. The van der Waals surface area contributed by atoms with Crippen LogP contribution in [0.2, 0.25) is 5.15 Å². The van der Waals surface area contributed by atoms with Crippen LogP contribution < -0.4 is 4.90 Å². The smallest absolute Gasteiger partial charge is 0.187 e. The van der Waals surface area contributed by atoms with Crippen LogP contribution in [0, 0.1) is 0 Å². The molecule has 2 rings (SSSR count). The normalized spacial score (nSPS) is 18.8. The summed E-state index contributed by atoms with van der Waals surface area (Å²) in [7, 11) is 0. The SMILES string of the molecule is OCCN1CCCN(c2nsnc2Cl)CC1. The van der Waals surface area contributed by atoms with Gasteiger partial charge in [-0.15, -0.1) is 0 Å². The van der Waals surface area contributed by atoms with Crippen molar-refractivity contribution < 1.29 is 5.11 Å². The number of anilines is 1. The molecule has 0 amide bonds. The first-order valence-corrected chi connectivity index (χ1v) is 6.48. The average molecular weight is 263 g/mol. The van der Waals surface area contributed by atoms with Crippen molar-refractivity contribution >= 4 is 29.1 Å². The van der Waals surface area contributed by atoms with E-state index < -0.39 is 0 Å². The summed E-state index contributed by atoms with van der Waals surface area (Å²) in [5.74, 6) is 0.803. The van der Waals surface area contributed by atoms with Crippen LogP contribution in [0.5, 0.6) is 0 Å². The summed E-state index contributed by atoms with van der Waals surface area (Å²) in [5.41, 5.74) is 0. The molecule has 0 aliphatic carbocycles. The van der Waals surface area contributed by atoms with E-state index in [0.717, 1.165) is 56.7 Å². The van der Waals surface area contributed by atoms with Crippen molar-refractivity contribution in [3.63, 3.8) is 0 Å². The fourth-order valence-corrected chi connectivity index (χ4v) is 2.69. The highest BCUT2D eigenvalue weighted by Gasteiger charge is 2.18. The Kier molecular flexibility index (Phi) is 4.34. The molecule has 0 spiro atoms. The molecular weight excluding hydrogens is 248 g/mol. The van der Waals surface area contributed by atoms with Gasteiger partial charge >= 0.3 is 0 Å². The Hall–Kier alpha value is -0.430. The molecule has 0 saturated carbocycles. The van der Waals surface area contributed by atoms with Crippen molar-refractivity contribution in [1.82, 2.24) is 13.6 Å². The quantitative estimate of drug-likeness (QED) is 0.869. The topological polar surface area (TPSA) is 52.5 Å². The third kappa shape index (κ3) is 2.82. The maximum atomic E-state index is 8.91. The predicted molar refractivity (Wildman–Crippen MR) is 65.3 cm³/mol. The molecule has 16 heavy (non-hydrogen) atoms. The Morgan fingerprint density at radius 1 is 1.25 bits per heavy atom. The van der Waals surface area contributed by atoms with Crippen molar-refractivity contribution in [2.45, 2.75) is 6.42 Å². The molecule has 0 aromatic carbocycles. The lowest BCUT2D eigenvalue weighted by Gasteiger charge is -2.20. The zero-order chi connectivity index (χ0) is 11.4. The summed E-state index contributed by atoms with van der Waals surface area (Å²) >= 11 is 7.12. The molecule has 7 heteroatoms. The van der Waals surface area contributed by atoms with E-state index >= 15 is 0 Å². The molecular formula is C9H15ClN4OS. The van der Waals surface area contributed by atoms with Crippen molar-refractivity contribution in [2.24, 2.45) is 0 Å². The number of hydrogen-bond acceptors (Lipinski definition) is 6. The molecule has 1 N–H and O–H groups in total. The van der Waals surface area contributed by atoms with Gasteiger partial charge in [-0.3, -0.25) is 4.90 Å². The van der Waals surface area contributed by atoms with Gasteiger partial charge in [0.25, 0.3) is 0 Å². The Morgan fingerprint density at radius 3 is 2.81 bits per heavy atom. The highest BCUT2D eigenvalue weighted by Crippen LogP contribution is 2.23. The highest BCUT2D eigenvalue weighted by atomic mass is 35.5. The molecule has 1 saturated heterocycles. The Bertz CT molecular complexity index is 335. The van der Waals surface area contributed by atoms with Crippen LogP contribution >= 0.6 is 23.3 Å². The fourth-order valence-electron chi connectivity index (χ4n) is 1.91. The van der Waals surface area contributed by atoms with Gasteiger partial charge in [-0.25, -0.2) is 0 Å². The molecule has 0 atom stereocenters. The van der Waals surface area contributed by atoms with Gasteiger partial charge in [0.15, 0.2) is 11.0 Å². The summed E-state index contributed by atoms with van der Waals surface area (Å²) in [6.45, 7) is 4.77. The number of rotatable bonds is 3. The van der Waals surface area contributed by atoms with Crippen LogP contribution in [-0.2, 0) is 0 Å². The lowest BCUT2D eigenvalue weighted by atomic mass is 10.4. The van der Waals surface area contributed by atoms with Gasteiger partial charge < -0.3 is 10.0 Å². The second-order valence-electron chi connectivity index (χ2n) is 3.78. The Balaban J connectivity index is 1.96. The maximum absolute atomic E-state index is 8.91. The number of aliphatic hydroxyl groups excluding tert-OH is 1. The van der Waals surface area contributed by atoms with Crippen LogP contribution in [0.4, 0.5) is 5.82 Å². The van der Waals surface area contributed by atoms with E-state index in [0.29, 0.717) is 5.15 Å². The summed E-state index contributed by atoms with van der Waals surface area (Å²) in [5, 5.41) is 9.41. The first kappa shape index (κ1) is 12.0. The van der Waals surface area contributed by atoms with Crippen LogP contribution in [0.1, 0.15) is 6.42 Å². The van der Waals surface area contributed by atoms with Gasteiger partial charge in [-0.2, -0.15) is 8.75 Å². The minimum absolute atomic E-state index is 0.221. The Morgan fingerprint density at radius 2 is 2.12 bits per heavy atom. The van der Waals surface area contributed by atoms with Gasteiger partial charge in [0.05, 0.1) is 18.3 Å². The van der Waals surface area contributed by atoms with Crippen molar-refractivity contribution in [3.05, 3.63) is 5.15 Å². The monoisotopic (exact) mass is 262 g/mol. The van der Waals surface area contributed by atoms with E-state index in [1.54, 1.807) is 0 Å². The minimum atomic E-state index is 0.221. The second-order valence-corrected chi connectivity index (χ2v) is 4.67. The fraction of sp³-hybridized carbons (Fsp3) is 0.778. The number of aliphatic hydroxyl groups is 1. The Labute approximate surface area is 104 Å². The predicted octanol–water partition coefficient (Wildman–Crippen LogP) is 0.696. The molecule has 1 aromatic heterocycles. The standard InChI is InChI=1S/C9H15ClN4OS/c10-8-9(12-16-11-8)14-3-1-2-13(4-5-14)6-7-15/h15H,1-7H2. The summed E-state index contributed by atoms with van der Waals surface area (Å²) in [6.07, 6.45) is 1.06. The number of β-amino-alcohol motifs (C(OH)–C–C–N with tert-alkyl or cyclic N) is 1. The van der Waals surface area contributed by atoms with Gasteiger partial charge in [0.1, 0.15) is 0 Å². The van der Waals surface area contributed by atoms with E-state index in [2.05, 4.69) is 18.5 Å². The molecule has 0 bridgehead atoms. The van der Waals surface area contributed by atoms with Crippen molar-refractivity contribution in [1.29, 1.82) is 0 Å². The molecule has 1 aliphatic rings. The molecule has 2 heterocycles. The zero-order valence-corrected chi connectivity index (χ0v) is 10.5. The summed E-state index contributed by atoms with van der Waals surface area (Å²) in [4.78, 5) is 4.43. The number of aromatic nitrogens is 2. The molecule has 5 nitrogen and oxygen atoms in total. The van der Waals surface area contributed by atoms with Crippen LogP contribution in [0.25, 0.3) is 0 Å². The van der Waals surface area contributed by atoms with Gasteiger partial charge in [0.2, 0.25) is 0 Å². The first-order chi connectivity index (χ1) is 7.81. The van der Waals surface area contributed by atoms with E-state index in [1.165, 1.54) is 0 Å². The number of halogens is 1. The van der Waals surface area contributed by atoms with Gasteiger partial charge in [-0.05, 0) is 13.0 Å². The van der Waals surface area contributed by atoms with Crippen LogP contribution in [0.3, 0.4) is 0 Å². The summed E-state index contributed by atoms with van der Waals surface area (Å²) in [6, 6.07) is 0. The third-order valence-electron chi connectivity index (χ3n) is 2.74. The largest absolute Gasteiger partial charge is 0.395 e. The zero-order valence-electron chi connectivity index (χ0n) is 8.97. The van der Waals surface area contributed by atoms with E-state index in [9.17, 15) is 0 Å².